The van der Waals surface area contributed by atoms with Gasteiger partial charge in [-0.1, -0.05) is 33.6 Å². The third-order valence-electron chi connectivity index (χ3n) is 3.41. The van der Waals surface area contributed by atoms with Gasteiger partial charge in [-0.15, -0.1) is 0 Å². The van der Waals surface area contributed by atoms with Crippen molar-refractivity contribution in [3.63, 3.8) is 0 Å². The van der Waals surface area contributed by atoms with Crippen molar-refractivity contribution >= 4 is 5.91 Å². The lowest BCUT2D eigenvalue weighted by atomic mass is 10.1. The first-order chi connectivity index (χ1) is 7.58. The molecule has 0 aromatic carbocycles. The predicted octanol–water partition coefficient (Wildman–Crippen LogP) is 3.99. The van der Waals surface area contributed by atoms with Crippen LogP contribution < -0.4 is 0 Å². The van der Waals surface area contributed by atoms with E-state index in [-0.39, 0.29) is 0 Å². The summed E-state index contributed by atoms with van der Waals surface area (Å²) < 4.78 is 0. The van der Waals surface area contributed by atoms with Crippen LogP contribution in [0.1, 0.15) is 73.1 Å². The molecule has 0 aromatic rings. The Labute approximate surface area is 101 Å². The minimum atomic E-state index is 0.345. The summed E-state index contributed by atoms with van der Waals surface area (Å²) in [6, 6.07) is 0.758. The molecule has 0 aromatic heterocycles. The zero-order chi connectivity index (χ0) is 12.6. The Bertz CT molecular complexity index is 181. The summed E-state index contributed by atoms with van der Waals surface area (Å²) >= 11 is 0. The fourth-order valence-electron chi connectivity index (χ4n) is 1.97. The van der Waals surface area contributed by atoms with E-state index in [9.17, 15) is 4.79 Å². The van der Waals surface area contributed by atoms with Gasteiger partial charge in [-0.2, -0.15) is 0 Å². The molecule has 0 saturated heterocycles. The van der Waals surface area contributed by atoms with Gasteiger partial charge in [-0.05, 0) is 33.1 Å². The van der Waals surface area contributed by atoms with Crippen molar-refractivity contribution in [3.05, 3.63) is 0 Å². The van der Waals surface area contributed by atoms with E-state index in [0.29, 0.717) is 18.0 Å². The summed E-state index contributed by atoms with van der Waals surface area (Å²) in [5.74, 6) is 0.345. The molecule has 96 valence electrons. The minimum absolute atomic E-state index is 0.345. The van der Waals surface area contributed by atoms with Gasteiger partial charge in [0.25, 0.3) is 0 Å². The molecule has 2 heteroatoms. The van der Waals surface area contributed by atoms with E-state index < -0.39 is 0 Å². The molecule has 2 atom stereocenters. The summed E-state index contributed by atoms with van der Waals surface area (Å²) in [6.45, 7) is 10.8. The topological polar surface area (TPSA) is 20.3 Å². The van der Waals surface area contributed by atoms with Gasteiger partial charge >= 0.3 is 0 Å². The highest BCUT2D eigenvalue weighted by Crippen LogP contribution is 2.15. The summed E-state index contributed by atoms with van der Waals surface area (Å²) in [4.78, 5) is 14.2. The predicted molar refractivity (Wildman–Crippen MR) is 70.5 cm³/mol. The molecular weight excluding hydrogens is 198 g/mol. The number of hydrogen-bond acceptors (Lipinski definition) is 1. The fraction of sp³-hybridized carbons (Fsp3) is 0.929. The number of hydrogen-bond donors (Lipinski definition) is 0. The standard InChI is InChI=1S/C14H29NO/c1-6-9-10-11-14(16)15(12(4)7-2)13(5)8-3/h12-13H,6-11H2,1-5H3. The average molecular weight is 227 g/mol. The first kappa shape index (κ1) is 15.5. The quantitative estimate of drug-likeness (QED) is 0.574. The van der Waals surface area contributed by atoms with Gasteiger partial charge in [-0.25, -0.2) is 0 Å². The van der Waals surface area contributed by atoms with Crippen LogP contribution in [0.2, 0.25) is 0 Å². The molecule has 0 N–H and O–H groups in total. The van der Waals surface area contributed by atoms with Crippen LogP contribution in [0.15, 0.2) is 0 Å². The highest BCUT2D eigenvalue weighted by Gasteiger charge is 2.22. The van der Waals surface area contributed by atoms with Gasteiger partial charge in [0, 0.05) is 18.5 Å². The summed E-state index contributed by atoms with van der Waals surface area (Å²) in [5, 5.41) is 0. The largest absolute Gasteiger partial charge is 0.337 e. The van der Waals surface area contributed by atoms with E-state index in [1.807, 2.05) is 0 Å². The van der Waals surface area contributed by atoms with Crippen molar-refractivity contribution in [1.29, 1.82) is 0 Å². The molecule has 1 amide bonds. The van der Waals surface area contributed by atoms with Crippen LogP contribution in [0, 0.1) is 0 Å². The van der Waals surface area contributed by atoms with Gasteiger partial charge in [0.05, 0.1) is 0 Å². The molecule has 0 radical (unpaired) electrons. The van der Waals surface area contributed by atoms with Gasteiger partial charge in [0.2, 0.25) is 5.91 Å². The lowest BCUT2D eigenvalue weighted by Crippen LogP contribution is -2.44. The summed E-state index contributed by atoms with van der Waals surface area (Å²) in [5.41, 5.74) is 0. The molecule has 0 fully saturated rings. The number of rotatable bonds is 8. The molecule has 0 aliphatic rings. The van der Waals surface area contributed by atoms with Gasteiger partial charge in [0.15, 0.2) is 0 Å². The zero-order valence-electron chi connectivity index (χ0n) is 11.8. The number of unbranched alkanes of at least 4 members (excludes halogenated alkanes) is 2. The van der Waals surface area contributed by atoms with Crippen molar-refractivity contribution in [2.75, 3.05) is 0 Å². The van der Waals surface area contributed by atoms with Gasteiger partial charge < -0.3 is 4.90 Å². The van der Waals surface area contributed by atoms with Crippen LogP contribution >= 0.6 is 0 Å². The maximum absolute atomic E-state index is 12.1. The maximum atomic E-state index is 12.1. The second-order valence-corrected chi connectivity index (χ2v) is 4.77. The molecule has 0 bridgehead atoms. The van der Waals surface area contributed by atoms with Crippen LogP contribution in [0.3, 0.4) is 0 Å². The molecule has 0 aliphatic carbocycles. The molecule has 0 aliphatic heterocycles. The van der Waals surface area contributed by atoms with Crippen LogP contribution in [0.5, 0.6) is 0 Å². The lowest BCUT2D eigenvalue weighted by Gasteiger charge is -2.34. The van der Waals surface area contributed by atoms with E-state index in [1.54, 1.807) is 0 Å². The molecule has 16 heavy (non-hydrogen) atoms. The second kappa shape index (κ2) is 8.60. The van der Waals surface area contributed by atoms with Crippen molar-refractivity contribution in [2.24, 2.45) is 0 Å². The van der Waals surface area contributed by atoms with E-state index in [4.69, 9.17) is 0 Å². The Morgan fingerprint density at radius 3 is 1.88 bits per heavy atom. The Morgan fingerprint density at radius 2 is 1.50 bits per heavy atom. The first-order valence-electron chi connectivity index (χ1n) is 6.89. The van der Waals surface area contributed by atoms with E-state index in [1.165, 1.54) is 12.8 Å². The average Bonchev–Trinajstić information content (AvgIpc) is 2.29. The first-order valence-corrected chi connectivity index (χ1v) is 6.89. The molecule has 0 saturated carbocycles. The van der Waals surface area contributed by atoms with E-state index in [2.05, 4.69) is 39.5 Å². The van der Waals surface area contributed by atoms with Crippen molar-refractivity contribution in [2.45, 2.75) is 85.2 Å². The monoisotopic (exact) mass is 227 g/mol. The Morgan fingerprint density at radius 1 is 1.00 bits per heavy atom. The van der Waals surface area contributed by atoms with Crippen molar-refractivity contribution < 1.29 is 4.79 Å². The van der Waals surface area contributed by atoms with Crippen LogP contribution in [0.4, 0.5) is 0 Å². The van der Waals surface area contributed by atoms with Crippen LogP contribution in [-0.2, 0) is 4.79 Å². The van der Waals surface area contributed by atoms with Crippen LogP contribution in [-0.4, -0.2) is 22.9 Å². The SMILES string of the molecule is CCCCCC(=O)N(C(C)CC)C(C)CC. The van der Waals surface area contributed by atoms with E-state index in [0.717, 1.165) is 25.7 Å². The number of nitrogens with zero attached hydrogens (tertiary/aromatic N) is 1. The Balaban J connectivity index is 4.32. The van der Waals surface area contributed by atoms with Crippen molar-refractivity contribution in [3.8, 4) is 0 Å². The molecule has 0 heterocycles. The highest BCUT2D eigenvalue weighted by molar-refractivity contribution is 5.76. The second-order valence-electron chi connectivity index (χ2n) is 4.77. The smallest absolute Gasteiger partial charge is 0.223 e. The maximum Gasteiger partial charge on any atom is 0.223 e. The highest BCUT2D eigenvalue weighted by atomic mass is 16.2. The molecule has 0 spiro atoms. The Hall–Kier alpha value is -0.530. The van der Waals surface area contributed by atoms with Crippen LogP contribution in [0.25, 0.3) is 0 Å². The fourth-order valence-corrected chi connectivity index (χ4v) is 1.97. The van der Waals surface area contributed by atoms with Crippen molar-refractivity contribution in [1.82, 2.24) is 4.90 Å². The molecule has 0 rings (SSSR count). The molecule has 2 nitrogen and oxygen atoms in total. The summed E-state index contributed by atoms with van der Waals surface area (Å²) in [6.07, 6.45) is 6.20. The van der Waals surface area contributed by atoms with Gasteiger partial charge in [-0.3, -0.25) is 4.79 Å². The normalized spacial score (nSPS) is 14.6. The third kappa shape index (κ3) is 5.00. The molecule has 2 unspecified atom stereocenters. The zero-order valence-corrected chi connectivity index (χ0v) is 11.8. The minimum Gasteiger partial charge on any atom is -0.337 e. The number of carbonyl (C=O) groups excluding carboxylic acids is 1. The number of carbonyl (C=O) groups is 1. The van der Waals surface area contributed by atoms with E-state index >= 15 is 0 Å². The number of amides is 1. The Kier molecular flexibility index (Phi) is 8.32. The molecular formula is C14H29NO. The summed E-state index contributed by atoms with van der Waals surface area (Å²) in [7, 11) is 0. The third-order valence-corrected chi connectivity index (χ3v) is 3.41. The van der Waals surface area contributed by atoms with Gasteiger partial charge in [0.1, 0.15) is 0 Å². The lowest BCUT2D eigenvalue weighted by molar-refractivity contribution is -0.135.